The number of hydrogen-bond donors (Lipinski definition) is 1. The molecule has 0 spiro atoms. The van der Waals surface area contributed by atoms with Crippen molar-refractivity contribution >= 4 is 36.6 Å². The first-order valence-electron chi connectivity index (χ1n) is 8.91. The third-order valence-corrected chi connectivity index (χ3v) is 5.69. The number of amides is 2. The molecule has 1 N–H and O–H groups in total. The minimum Gasteiger partial charge on any atom is -0.342 e. The molecule has 0 aliphatic carbocycles. The number of rotatable bonds is 2. The molecule has 1 aromatic heterocycles. The van der Waals surface area contributed by atoms with Gasteiger partial charge in [-0.2, -0.15) is 0 Å². The number of pyridine rings is 1. The molecule has 3 aliphatic heterocycles. The minimum absolute atomic E-state index is 0. The maximum absolute atomic E-state index is 12.9. The van der Waals surface area contributed by atoms with E-state index in [4.69, 9.17) is 0 Å². The van der Waals surface area contributed by atoms with Crippen LogP contribution in [0.3, 0.4) is 0 Å². The number of nitrogens with zero attached hydrogens (tertiary/aromatic N) is 3. The SMILES string of the molecule is Cl.Cl.O=C(c1ccncc1)N1CCCC(C(=O)N2C[C@H]3CNC[C@H]3C2)C1. The van der Waals surface area contributed by atoms with Crippen molar-refractivity contribution in [3.8, 4) is 0 Å². The lowest BCUT2D eigenvalue weighted by Gasteiger charge is -2.34. The molecule has 0 bridgehead atoms. The molecule has 3 saturated heterocycles. The molecule has 0 radical (unpaired) electrons. The van der Waals surface area contributed by atoms with Gasteiger partial charge in [0.15, 0.2) is 0 Å². The van der Waals surface area contributed by atoms with Gasteiger partial charge in [-0.3, -0.25) is 14.6 Å². The molecule has 144 valence electrons. The standard InChI is InChI=1S/C18H24N4O2.2ClH/c23-17(13-3-5-19-6-4-13)21-7-1-2-14(10-21)18(24)22-11-15-8-20-9-16(15)12-22;;/h3-6,14-16,20H,1-2,7-12H2;2*1H/t14?,15-,16+;;. The van der Waals surface area contributed by atoms with Gasteiger partial charge in [0.2, 0.25) is 5.91 Å². The summed E-state index contributed by atoms with van der Waals surface area (Å²) in [4.78, 5) is 33.3. The predicted octanol–water partition coefficient (Wildman–Crippen LogP) is 1.46. The normalized spacial score (nSPS) is 27.3. The fourth-order valence-electron chi connectivity index (χ4n) is 4.33. The Kier molecular flexibility index (Phi) is 7.26. The Morgan fingerprint density at radius 1 is 1.00 bits per heavy atom. The van der Waals surface area contributed by atoms with Gasteiger partial charge < -0.3 is 15.1 Å². The van der Waals surface area contributed by atoms with Crippen molar-refractivity contribution in [1.29, 1.82) is 0 Å². The van der Waals surface area contributed by atoms with Crippen molar-refractivity contribution in [3.63, 3.8) is 0 Å². The molecular formula is C18H26Cl2N4O2. The van der Waals surface area contributed by atoms with Gasteiger partial charge >= 0.3 is 0 Å². The van der Waals surface area contributed by atoms with Crippen molar-refractivity contribution in [2.75, 3.05) is 39.3 Å². The lowest BCUT2D eigenvalue weighted by Crippen LogP contribution is -2.46. The lowest BCUT2D eigenvalue weighted by atomic mass is 9.96. The zero-order valence-corrected chi connectivity index (χ0v) is 16.3. The zero-order chi connectivity index (χ0) is 16.5. The van der Waals surface area contributed by atoms with Crippen LogP contribution in [0.15, 0.2) is 24.5 Å². The molecule has 3 atom stereocenters. The quantitative estimate of drug-likeness (QED) is 0.815. The third kappa shape index (κ3) is 4.13. The molecule has 2 amide bonds. The van der Waals surface area contributed by atoms with Crippen molar-refractivity contribution in [2.24, 2.45) is 17.8 Å². The van der Waals surface area contributed by atoms with E-state index in [1.165, 1.54) is 0 Å². The van der Waals surface area contributed by atoms with Gasteiger partial charge in [0.05, 0.1) is 5.92 Å². The Morgan fingerprint density at radius 3 is 2.31 bits per heavy atom. The molecule has 4 heterocycles. The number of hydrogen-bond acceptors (Lipinski definition) is 4. The van der Waals surface area contributed by atoms with E-state index in [-0.39, 0.29) is 42.5 Å². The average molecular weight is 401 g/mol. The van der Waals surface area contributed by atoms with Crippen molar-refractivity contribution in [2.45, 2.75) is 12.8 Å². The Morgan fingerprint density at radius 2 is 1.65 bits per heavy atom. The number of carbonyl (C=O) groups is 2. The molecule has 6 nitrogen and oxygen atoms in total. The highest BCUT2D eigenvalue weighted by Crippen LogP contribution is 2.29. The Labute approximate surface area is 166 Å². The molecule has 0 aromatic carbocycles. The average Bonchev–Trinajstić information content (AvgIpc) is 3.23. The molecule has 8 heteroatoms. The van der Waals surface area contributed by atoms with E-state index >= 15 is 0 Å². The maximum Gasteiger partial charge on any atom is 0.253 e. The van der Waals surface area contributed by atoms with Crippen molar-refractivity contribution in [1.82, 2.24) is 20.1 Å². The Bertz CT molecular complexity index is 619. The van der Waals surface area contributed by atoms with Gasteiger partial charge in [-0.25, -0.2) is 0 Å². The molecule has 1 unspecified atom stereocenters. The maximum atomic E-state index is 12.9. The summed E-state index contributed by atoms with van der Waals surface area (Å²) in [6, 6.07) is 3.48. The first-order chi connectivity index (χ1) is 11.7. The third-order valence-electron chi connectivity index (χ3n) is 5.69. The summed E-state index contributed by atoms with van der Waals surface area (Å²) in [5.74, 6) is 1.45. The second kappa shape index (κ2) is 9.02. The number of halogens is 2. The highest BCUT2D eigenvalue weighted by Gasteiger charge is 2.40. The van der Waals surface area contributed by atoms with E-state index in [2.05, 4.69) is 10.3 Å². The molecule has 1 aromatic rings. The molecule has 0 saturated carbocycles. The second-order valence-corrected chi connectivity index (χ2v) is 7.25. The monoisotopic (exact) mass is 400 g/mol. The van der Waals surface area contributed by atoms with E-state index in [1.807, 2.05) is 9.80 Å². The van der Waals surface area contributed by atoms with Crippen LogP contribution in [0, 0.1) is 17.8 Å². The first kappa shape index (κ1) is 20.9. The van der Waals surface area contributed by atoms with Crippen LogP contribution in [0.5, 0.6) is 0 Å². The molecule has 26 heavy (non-hydrogen) atoms. The number of piperidine rings is 1. The Balaban J connectivity index is 0.00000121. The first-order valence-corrected chi connectivity index (χ1v) is 8.91. The largest absolute Gasteiger partial charge is 0.342 e. The van der Waals surface area contributed by atoms with Crippen LogP contribution in [-0.4, -0.2) is 65.9 Å². The number of aromatic nitrogens is 1. The van der Waals surface area contributed by atoms with E-state index in [1.54, 1.807) is 24.5 Å². The molecular weight excluding hydrogens is 375 g/mol. The van der Waals surface area contributed by atoms with Gasteiger partial charge in [0, 0.05) is 57.2 Å². The zero-order valence-electron chi connectivity index (χ0n) is 14.7. The van der Waals surface area contributed by atoms with Crippen LogP contribution in [0.4, 0.5) is 0 Å². The van der Waals surface area contributed by atoms with E-state index in [0.29, 0.717) is 23.9 Å². The van der Waals surface area contributed by atoms with Crippen LogP contribution in [0.25, 0.3) is 0 Å². The van der Waals surface area contributed by atoms with Gasteiger partial charge in [-0.1, -0.05) is 0 Å². The van der Waals surface area contributed by atoms with Gasteiger partial charge in [0.25, 0.3) is 5.91 Å². The van der Waals surface area contributed by atoms with Gasteiger partial charge in [0.1, 0.15) is 0 Å². The highest BCUT2D eigenvalue weighted by atomic mass is 35.5. The summed E-state index contributed by atoms with van der Waals surface area (Å²) in [6.45, 7) is 5.11. The molecule has 3 aliphatic rings. The molecule has 3 fully saturated rings. The van der Waals surface area contributed by atoms with E-state index in [0.717, 1.165) is 45.6 Å². The molecule has 4 rings (SSSR count). The second-order valence-electron chi connectivity index (χ2n) is 7.25. The highest BCUT2D eigenvalue weighted by molar-refractivity contribution is 5.94. The van der Waals surface area contributed by atoms with Crippen LogP contribution >= 0.6 is 24.8 Å². The number of likely N-dealkylation sites (tertiary alicyclic amines) is 2. The minimum atomic E-state index is -0.0451. The van der Waals surface area contributed by atoms with E-state index in [9.17, 15) is 9.59 Å². The van der Waals surface area contributed by atoms with Crippen molar-refractivity contribution in [3.05, 3.63) is 30.1 Å². The summed E-state index contributed by atoms with van der Waals surface area (Å²) in [5.41, 5.74) is 0.653. The van der Waals surface area contributed by atoms with Crippen molar-refractivity contribution < 1.29 is 9.59 Å². The topological polar surface area (TPSA) is 65.5 Å². The summed E-state index contributed by atoms with van der Waals surface area (Å²) in [7, 11) is 0. The predicted molar refractivity (Wildman–Crippen MR) is 104 cm³/mol. The van der Waals surface area contributed by atoms with Crippen LogP contribution in [-0.2, 0) is 4.79 Å². The summed E-state index contributed by atoms with van der Waals surface area (Å²) in [6.07, 6.45) is 5.06. The number of nitrogens with one attached hydrogen (secondary N) is 1. The van der Waals surface area contributed by atoms with Crippen LogP contribution in [0.2, 0.25) is 0 Å². The van der Waals surface area contributed by atoms with E-state index < -0.39 is 0 Å². The summed E-state index contributed by atoms with van der Waals surface area (Å²) >= 11 is 0. The smallest absolute Gasteiger partial charge is 0.253 e. The lowest BCUT2D eigenvalue weighted by molar-refractivity contribution is -0.136. The van der Waals surface area contributed by atoms with Gasteiger partial charge in [-0.15, -0.1) is 24.8 Å². The number of fused-ring (bicyclic) bond motifs is 1. The van der Waals surface area contributed by atoms with Gasteiger partial charge in [-0.05, 0) is 36.8 Å². The fraction of sp³-hybridized carbons (Fsp3) is 0.611. The van der Waals surface area contributed by atoms with Crippen LogP contribution < -0.4 is 5.32 Å². The fourth-order valence-corrected chi connectivity index (χ4v) is 4.33. The summed E-state index contributed by atoms with van der Waals surface area (Å²) in [5, 5.41) is 3.41. The van der Waals surface area contributed by atoms with Crippen LogP contribution in [0.1, 0.15) is 23.2 Å². The Hall–Kier alpha value is -1.37. The summed E-state index contributed by atoms with van der Waals surface area (Å²) < 4.78 is 0. The number of carbonyl (C=O) groups excluding carboxylic acids is 2.